The molecule has 0 radical (unpaired) electrons. The van der Waals surface area contributed by atoms with E-state index in [9.17, 15) is 4.79 Å². The SMILES string of the molecule is CC/C=C(/C)C(=O)N1CCC(C2OCCO2)CC1. The topological polar surface area (TPSA) is 38.8 Å². The van der Waals surface area contributed by atoms with Gasteiger partial charge in [0.2, 0.25) is 5.91 Å². The van der Waals surface area contributed by atoms with Gasteiger partial charge in [-0.1, -0.05) is 13.0 Å². The van der Waals surface area contributed by atoms with E-state index in [-0.39, 0.29) is 12.2 Å². The van der Waals surface area contributed by atoms with Crippen molar-refractivity contribution in [2.75, 3.05) is 26.3 Å². The van der Waals surface area contributed by atoms with Crippen LogP contribution >= 0.6 is 0 Å². The number of piperidine rings is 1. The largest absolute Gasteiger partial charge is 0.350 e. The van der Waals surface area contributed by atoms with Crippen molar-refractivity contribution in [1.82, 2.24) is 4.90 Å². The summed E-state index contributed by atoms with van der Waals surface area (Å²) in [5, 5.41) is 0. The van der Waals surface area contributed by atoms with Gasteiger partial charge in [0.05, 0.1) is 13.2 Å². The molecular formula is C14H23NO3. The van der Waals surface area contributed by atoms with E-state index in [4.69, 9.17) is 9.47 Å². The van der Waals surface area contributed by atoms with E-state index in [0.717, 1.165) is 37.9 Å². The van der Waals surface area contributed by atoms with Crippen LogP contribution in [-0.2, 0) is 14.3 Å². The van der Waals surface area contributed by atoms with Crippen LogP contribution in [0.3, 0.4) is 0 Å². The molecule has 0 unspecified atom stereocenters. The fourth-order valence-electron chi connectivity index (χ4n) is 2.67. The van der Waals surface area contributed by atoms with E-state index in [1.807, 2.05) is 17.9 Å². The van der Waals surface area contributed by atoms with E-state index in [1.165, 1.54) is 0 Å². The molecular weight excluding hydrogens is 230 g/mol. The highest BCUT2D eigenvalue weighted by Gasteiger charge is 2.31. The highest BCUT2D eigenvalue weighted by atomic mass is 16.7. The molecule has 2 heterocycles. The van der Waals surface area contributed by atoms with E-state index < -0.39 is 0 Å². The van der Waals surface area contributed by atoms with Crippen molar-refractivity contribution >= 4 is 5.91 Å². The molecule has 0 aromatic heterocycles. The fraction of sp³-hybridized carbons (Fsp3) is 0.786. The Labute approximate surface area is 109 Å². The lowest BCUT2D eigenvalue weighted by Crippen LogP contribution is -2.41. The predicted octanol–water partition coefficient (Wildman–Crippen LogP) is 1.95. The van der Waals surface area contributed by atoms with Crippen molar-refractivity contribution in [2.45, 2.75) is 39.4 Å². The Bertz CT molecular complexity index is 313. The maximum Gasteiger partial charge on any atom is 0.249 e. The molecule has 0 bridgehead atoms. The molecule has 2 aliphatic heterocycles. The van der Waals surface area contributed by atoms with Crippen molar-refractivity contribution in [1.29, 1.82) is 0 Å². The molecule has 0 saturated carbocycles. The average Bonchev–Trinajstić information content (AvgIpc) is 2.92. The number of carbonyl (C=O) groups excluding carboxylic acids is 1. The van der Waals surface area contributed by atoms with Crippen LogP contribution in [0.15, 0.2) is 11.6 Å². The average molecular weight is 253 g/mol. The molecule has 4 nitrogen and oxygen atoms in total. The molecule has 4 heteroatoms. The first-order valence-corrected chi connectivity index (χ1v) is 6.91. The van der Waals surface area contributed by atoms with Crippen LogP contribution in [0, 0.1) is 5.92 Å². The molecule has 2 fully saturated rings. The Balaban J connectivity index is 1.82. The second-order valence-corrected chi connectivity index (χ2v) is 5.03. The summed E-state index contributed by atoms with van der Waals surface area (Å²) in [5.41, 5.74) is 0.865. The van der Waals surface area contributed by atoms with Crippen LogP contribution in [0.4, 0.5) is 0 Å². The van der Waals surface area contributed by atoms with Crippen molar-refractivity contribution in [2.24, 2.45) is 5.92 Å². The molecule has 2 rings (SSSR count). The summed E-state index contributed by atoms with van der Waals surface area (Å²) < 4.78 is 11.1. The molecule has 1 amide bonds. The standard InChI is InChI=1S/C14H23NO3/c1-3-4-11(2)13(16)15-7-5-12(6-8-15)14-17-9-10-18-14/h4,12,14H,3,5-10H2,1-2H3/b11-4-. The zero-order chi connectivity index (χ0) is 13.0. The number of allylic oxidation sites excluding steroid dienone is 1. The Kier molecular flexibility index (Phi) is 4.78. The summed E-state index contributed by atoms with van der Waals surface area (Å²) >= 11 is 0. The van der Waals surface area contributed by atoms with Gasteiger partial charge in [-0.25, -0.2) is 0 Å². The molecule has 0 aliphatic carbocycles. The Morgan fingerprint density at radius 2 is 1.89 bits per heavy atom. The van der Waals surface area contributed by atoms with Gasteiger partial charge in [-0.3, -0.25) is 4.79 Å². The predicted molar refractivity (Wildman–Crippen MR) is 69.0 cm³/mol. The van der Waals surface area contributed by atoms with Crippen molar-refractivity contribution in [3.8, 4) is 0 Å². The normalized spacial score (nSPS) is 23.7. The lowest BCUT2D eigenvalue weighted by Gasteiger charge is -2.34. The number of hydrogen-bond donors (Lipinski definition) is 0. The van der Waals surface area contributed by atoms with Gasteiger partial charge in [0, 0.05) is 24.6 Å². The van der Waals surface area contributed by atoms with Crippen LogP contribution in [0.2, 0.25) is 0 Å². The molecule has 0 spiro atoms. The summed E-state index contributed by atoms with van der Waals surface area (Å²) in [4.78, 5) is 14.1. The second-order valence-electron chi connectivity index (χ2n) is 5.03. The molecule has 18 heavy (non-hydrogen) atoms. The van der Waals surface area contributed by atoms with Crippen LogP contribution in [-0.4, -0.2) is 43.4 Å². The smallest absolute Gasteiger partial charge is 0.249 e. The second kappa shape index (κ2) is 6.34. The van der Waals surface area contributed by atoms with E-state index in [2.05, 4.69) is 6.92 Å². The first-order chi connectivity index (χ1) is 8.72. The highest BCUT2D eigenvalue weighted by Crippen LogP contribution is 2.26. The molecule has 2 saturated heterocycles. The van der Waals surface area contributed by atoms with Gasteiger partial charge in [0.1, 0.15) is 0 Å². The number of nitrogens with zero attached hydrogens (tertiary/aromatic N) is 1. The van der Waals surface area contributed by atoms with Gasteiger partial charge in [0.25, 0.3) is 0 Å². The Morgan fingerprint density at radius 1 is 1.28 bits per heavy atom. The van der Waals surface area contributed by atoms with Crippen molar-refractivity contribution in [3.05, 3.63) is 11.6 Å². The van der Waals surface area contributed by atoms with Gasteiger partial charge in [-0.05, 0) is 26.2 Å². The van der Waals surface area contributed by atoms with Gasteiger partial charge < -0.3 is 14.4 Å². The molecule has 102 valence electrons. The molecule has 2 aliphatic rings. The minimum absolute atomic E-state index is 0.0328. The molecule has 0 aromatic carbocycles. The van der Waals surface area contributed by atoms with Crippen molar-refractivity contribution < 1.29 is 14.3 Å². The Morgan fingerprint density at radius 3 is 2.44 bits per heavy atom. The van der Waals surface area contributed by atoms with Gasteiger partial charge >= 0.3 is 0 Å². The first kappa shape index (κ1) is 13.6. The fourth-order valence-corrected chi connectivity index (χ4v) is 2.67. The maximum atomic E-state index is 12.1. The third-order valence-electron chi connectivity index (χ3n) is 3.71. The molecule has 0 atom stereocenters. The summed E-state index contributed by atoms with van der Waals surface area (Å²) in [5.74, 6) is 0.635. The summed E-state index contributed by atoms with van der Waals surface area (Å²) in [6.45, 7) is 7.02. The zero-order valence-corrected chi connectivity index (χ0v) is 11.4. The van der Waals surface area contributed by atoms with E-state index in [1.54, 1.807) is 0 Å². The third kappa shape index (κ3) is 3.12. The van der Waals surface area contributed by atoms with Gasteiger partial charge in [0.15, 0.2) is 6.29 Å². The van der Waals surface area contributed by atoms with E-state index >= 15 is 0 Å². The number of carbonyl (C=O) groups is 1. The third-order valence-corrected chi connectivity index (χ3v) is 3.71. The van der Waals surface area contributed by atoms with Crippen molar-refractivity contribution in [3.63, 3.8) is 0 Å². The maximum absolute atomic E-state index is 12.1. The summed E-state index contributed by atoms with van der Waals surface area (Å²) in [6.07, 6.45) is 4.84. The highest BCUT2D eigenvalue weighted by molar-refractivity contribution is 5.92. The number of rotatable bonds is 3. The number of amides is 1. The lowest BCUT2D eigenvalue weighted by molar-refractivity contribution is -0.133. The van der Waals surface area contributed by atoms with Gasteiger partial charge in [-0.15, -0.1) is 0 Å². The van der Waals surface area contributed by atoms with Crippen LogP contribution in [0.5, 0.6) is 0 Å². The summed E-state index contributed by atoms with van der Waals surface area (Å²) in [7, 11) is 0. The van der Waals surface area contributed by atoms with Gasteiger partial charge in [-0.2, -0.15) is 0 Å². The number of ether oxygens (including phenoxy) is 2. The first-order valence-electron chi connectivity index (χ1n) is 6.91. The number of hydrogen-bond acceptors (Lipinski definition) is 3. The van der Waals surface area contributed by atoms with E-state index in [0.29, 0.717) is 19.1 Å². The minimum atomic E-state index is -0.0328. The van der Waals surface area contributed by atoms with Crippen LogP contribution in [0.1, 0.15) is 33.1 Å². The zero-order valence-electron chi connectivity index (χ0n) is 11.4. The number of likely N-dealkylation sites (tertiary alicyclic amines) is 1. The molecule has 0 N–H and O–H groups in total. The monoisotopic (exact) mass is 253 g/mol. The quantitative estimate of drug-likeness (QED) is 0.722. The lowest BCUT2D eigenvalue weighted by atomic mass is 9.95. The van der Waals surface area contributed by atoms with Crippen LogP contribution in [0.25, 0.3) is 0 Å². The summed E-state index contributed by atoms with van der Waals surface area (Å²) in [6, 6.07) is 0. The Hall–Kier alpha value is -0.870. The van der Waals surface area contributed by atoms with Crippen LogP contribution < -0.4 is 0 Å². The molecule has 0 aromatic rings. The minimum Gasteiger partial charge on any atom is -0.350 e.